The minimum Gasteiger partial charge on any atom is -0.493 e. The lowest BCUT2D eigenvalue weighted by Crippen LogP contribution is -1.98. The molecule has 0 unspecified atom stereocenters. The molecule has 3 aromatic rings. The summed E-state index contributed by atoms with van der Waals surface area (Å²) in [6, 6.07) is 10.8. The summed E-state index contributed by atoms with van der Waals surface area (Å²) in [7, 11) is 0. The van der Waals surface area contributed by atoms with Gasteiger partial charge in [-0.3, -0.25) is 4.79 Å². The van der Waals surface area contributed by atoms with Crippen LogP contribution in [0.2, 0.25) is 0 Å². The lowest BCUT2D eigenvalue weighted by atomic mass is 10.1. The number of carbonyl (C=O) groups is 2. The van der Waals surface area contributed by atoms with Crippen LogP contribution in [0.3, 0.4) is 0 Å². The zero-order valence-corrected chi connectivity index (χ0v) is 14.2. The topological polar surface area (TPSA) is 115 Å². The van der Waals surface area contributed by atoms with E-state index in [9.17, 15) is 14.7 Å². The smallest absolute Gasteiger partial charge is 0.335 e. The Kier molecular flexibility index (Phi) is 4.30. The van der Waals surface area contributed by atoms with Gasteiger partial charge in [0.15, 0.2) is 5.69 Å². The summed E-state index contributed by atoms with van der Waals surface area (Å²) in [5.74, 6) is -1.88. The molecule has 2 aromatic carbocycles. The van der Waals surface area contributed by atoms with E-state index in [4.69, 9.17) is 5.11 Å². The Morgan fingerprint density at radius 2 is 1.71 bits per heavy atom. The largest absolute Gasteiger partial charge is 0.493 e. The number of nitrogens with zero attached hydrogens (tertiary/aromatic N) is 2. The highest BCUT2D eigenvalue weighted by Crippen LogP contribution is 2.36. The summed E-state index contributed by atoms with van der Waals surface area (Å²) in [6.45, 7) is 0. The van der Waals surface area contributed by atoms with Gasteiger partial charge in [0.2, 0.25) is 5.88 Å². The van der Waals surface area contributed by atoms with Crippen LogP contribution in [0.5, 0.6) is 5.88 Å². The molecule has 0 radical (unpaired) electrons. The maximum Gasteiger partial charge on any atom is 0.335 e. The van der Waals surface area contributed by atoms with Gasteiger partial charge in [-0.25, -0.2) is 4.79 Å². The summed E-state index contributed by atoms with van der Waals surface area (Å²) in [6.07, 6.45) is 0. The summed E-state index contributed by atoms with van der Waals surface area (Å²) >= 11 is 2.13. The van der Waals surface area contributed by atoms with Gasteiger partial charge < -0.3 is 15.2 Å². The van der Waals surface area contributed by atoms with Crippen molar-refractivity contribution in [3.8, 4) is 5.88 Å². The molecule has 0 spiro atoms. The summed E-state index contributed by atoms with van der Waals surface area (Å²) < 4.78 is 0.950. The minimum absolute atomic E-state index is 0.0762. The number of carboxylic acids is 1. The van der Waals surface area contributed by atoms with Crippen LogP contribution in [0.25, 0.3) is 10.9 Å². The molecule has 7 nitrogen and oxygen atoms in total. The highest BCUT2D eigenvalue weighted by atomic mass is 127. The lowest BCUT2D eigenvalue weighted by molar-refractivity contribution is 0.0696. The van der Waals surface area contributed by atoms with Crippen molar-refractivity contribution in [1.29, 1.82) is 0 Å². The highest BCUT2D eigenvalue weighted by molar-refractivity contribution is 14.1. The van der Waals surface area contributed by atoms with Gasteiger partial charge >= 0.3 is 5.97 Å². The van der Waals surface area contributed by atoms with Crippen molar-refractivity contribution in [2.75, 3.05) is 0 Å². The quantitative estimate of drug-likeness (QED) is 0.425. The van der Waals surface area contributed by atoms with Gasteiger partial charge in [0, 0.05) is 14.5 Å². The molecule has 8 heteroatoms. The average Bonchev–Trinajstić information content (AvgIpc) is 2.87. The van der Waals surface area contributed by atoms with Crippen LogP contribution in [0, 0.1) is 3.57 Å². The summed E-state index contributed by atoms with van der Waals surface area (Å²) in [5, 5.41) is 26.9. The second-order valence-electron chi connectivity index (χ2n) is 4.90. The van der Waals surface area contributed by atoms with E-state index in [2.05, 4.69) is 37.8 Å². The van der Waals surface area contributed by atoms with E-state index in [1.54, 1.807) is 6.07 Å². The number of aromatic amines is 1. The van der Waals surface area contributed by atoms with Gasteiger partial charge in [0.1, 0.15) is 0 Å². The SMILES string of the molecule is O=C(O)c1ccc(C(=O)N=Nc2c(O)[nH]c3ccc(I)cc23)cc1. The highest BCUT2D eigenvalue weighted by Gasteiger charge is 2.12. The zero-order valence-electron chi connectivity index (χ0n) is 12.0. The maximum atomic E-state index is 12.0. The van der Waals surface area contributed by atoms with Crippen molar-refractivity contribution in [3.05, 3.63) is 57.2 Å². The van der Waals surface area contributed by atoms with Gasteiger partial charge in [0.05, 0.1) is 11.1 Å². The summed E-state index contributed by atoms with van der Waals surface area (Å²) in [5.41, 5.74) is 1.14. The Hall–Kier alpha value is -2.75. The Bertz CT molecular complexity index is 977. The number of hydrogen-bond donors (Lipinski definition) is 3. The first-order valence-corrected chi connectivity index (χ1v) is 7.83. The normalized spacial score (nSPS) is 11.2. The first kappa shape index (κ1) is 16.1. The standard InChI is InChI=1S/C16H10IN3O4/c17-10-5-6-12-11(7-10)13(15(22)18-12)19-20-14(21)8-1-3-9(4-2-8)16(23)24/h1-7,18,22H,(H,23,24). The predicted molar refractivity (Wildman–Crippen MR) is 94.9 cm³/mol. The molecule has 3 rings (SSSR count). The number of halogens is 1. The zero-order chi connectivity index (χ0) is 17.3. The number of carboxylic acid groups (broad SMARTS) is 1. The molecule has 1 aromatic heterocycles. The van der Waals surface area contributed by atoms with Gasteiger partial charge in [-0.05, 0) is 65.1 Å². The molecule has 1 amide bonds. The number of amides is 1. The number of carbonyl (C=O) groups excluding carboxylic acids is 1. The van der Waals surface area contributed by atoms with E-state index in [0.29, 0.717) is 10.9 Å². The molecule has 0 saturated carbocycles. The molecule has 3 N–H and O–H groups in total. The molecule has 24 heavy (non-hydrogen) atoms. The monoisotopic (exact) mass is 435 g/mol. The number of nitrogens with one attached hydrogen (secondary N) is 1. The fraction of sp³-hybridized carbons (Fsp3) is 0. The van der Waals surface area contributed by atoms with Crippen LogP contribution in [0.4, 0.5) is 5.69 Å². The second kappa shape index (κ2) is 6.40. The van der Waals surface area contributed by atoms with Crippen LogP contribution in [0.15, 0.2) is 52.7 Å². The fourth-order valence-corrected chi connectivity index (χ4v) is 2.64. The molecule has 0 saturated heterocycles. The first-order chi connectivity index (χ1) is 11.5. The fourth-order valence-electron chi connectivity index (χ4n) is 2.15. The van der Waals surface area contributed by atoms with E-state index in [0.717, 1.165) is 3.57 Å². The Balaban J connectivity index is 1.90. The van der Waals surface area contributed by atoms with Crippen molar-refractivity contribution in [1.82, 2.24) is 4.98 Å². The number of hydrogen-bond acceptors (Lipinski definition) is 4. The third-order valence-electron chi connectivity index (χ3n) is 3.33. The Morgan fingerprint density at radius 1 is 1.04 bits per heavy atom. The van der Waals surface area contributed by atoms with Crippen LogP contribution in [-0.2, 0) is 0 Å². The number of rotatable bonds is 3. The number of aromatic nitrogens is 1. The molecule has 0 aliphatic carbocycles. The molecule has 0 aliphatic rings. The third-order valence-corrected chi connectivity index (χ3v) is 4.00. The van der Waals surface area contributed by atoms with Crippen molar-refractivity contribution in [2.24, 2.45) is 10.2 Å². The number of azo groups is 1. The number of fused-ring (bicyclic) bond motifs is 1. The Labute approximate surface area is 149 Å². The van der Waals surface area contributed by atoms with Gasteiger partial charge in [-0.1, -0.05) is 0 Å². The van der Waals surface area contributed by atoms with Crippen molar-refractivity contribution in [3.63, 3.8) is 0 Å². The molecule has 0 bridgehead atoms. The first-order valence-electron chi connectivity index (χ1n) is 6.75. The number of H-pyrrole nitrogens is 1. The van der Waals surface area contributed by atoms with E-state index in [1.807, 2.05) is 12.1 Å². The van der Waals surface area contributed by atoms with E-state index in [1.165, 1.54) is 24.3 Å². The van der Waals surface area contributed by atoms with E-state index >= 15 is 0 Å². The molecule has 120 valence electrons. The van der Waals surface area contributed by atoms with Gasteiger partial charge in [-0.15, -0.1) is 10.2 Å². The van der Waals surface area contributed by atoms with E-state index in [-0.39, 0.29) is 22.7 Å². The van der Waals surface area contributed by atoms with Crippen molar-refractivity contribution in [2.45, 2.75) is 0 Å². The Morgan fingerprint density at radius 3 is 2.38 bits per heavy atom. The summed E-state index contributed by atoms with van der Waals surface area (Å²) in [4.78, 5) is 25.6. The van der Waals surface area contributed by atoms with Crippen LogP contribution in [0.1, 0.15) is 20.7 Å². The third kappa shape index (κ3) is 3.13. The van der Waals surface area contributed by atoms with Crippen LogP contribution < -0.4 is 0 Å². The van der Waals surface area contributed by atoms with Crippen LogP contribution >= 0.6 is 22.6 Å². The van der Waals surface area contributed by atoms with Crippen molar-refractivity contribution >= 4 is 51.1 Å². The second-order valence-corrected chi connectivity index (χ2v) is 6.15. The lowest BCUT2D eigenvalue weighted by Gasteiger charge is -1.97. The van der Waals surface area contributed by atoms with E-state index < -0.39 is 11.9 Å². The van der Waals surface area contributed by atoms with Crippen LogP contribution in [-0.4, -0.2) is 27.1 Å². The van der Waals surface area contributed by atoms with Gasteiger partial charge in [0.25, 0.3) is 5.91 Å². The van der Waals surface area contributed by atoms with Gasteiger partial charge in [-0.2, -0.15) is 0 Å². The minimum atomic E-state index is -1.08. The molecule has 0 fully saturated rings. The molecule has 0 atom stereocenters. The molecular weight excluding hydrogens is 425 g/mol. The molecule has 1 heterocycles. The number of aromatic carboxylic acids is 1. The molecule has 0 aliphatic heterocycles. The number of aromatic hydroxyl groups is 1. The van der Waals surface area contributed by atoms with Crippen molar-refractivity contribution < 1.29 is 19.8 Å². The maximum absolute atomic E-state index is 12.0. The number of benzene rings is 2. The predicted octanol–water partition coefficient (Wildman–Crippen LogP) is 4.10. The average molecular weight is 435 g/mol. The molecular formula is C16H10IN3O4.